The summed E-state index contributed by atoms with van der Waals surface area (Å²) in [5.74, 6) is 1.24. The molecular formula is C14H20ClNO2. The van der Waals surface area contributed by atoms with E-state index in [-0.39, 0.29) is 5.75 Å². The van der Waals surface area contributed by atoms with Gasteiger partial charge in [0.15, 0.2) is 11.5 Å². The average Bonchev–Trinajstić information content (AvgIpc) is 2.40. The highest BCUT2D eigenvalue weighted by Gasteiger charge is 2.20. The predicted molar refractivity (Wildman–Crippen MR) is 73.7 cm³/mol. The highest BCUT2D eigenvalue weighted by atomic mass is 35.5. The second-order valence-corrected chi connectivity index (χ2v) is 5.33. The molecule has 1 atom stereocenters. The van der Waals surface area contributed by atoms with E-state index in [0.717, 1.165) is 30.6 Å². The van der Waals surface area contributed by atoms with Crippen molar-refractivity contribution in [1.82, 2.24) is 5.32 Å². The van der Waals surface area contributed by atoms with Crippen molar-refractivity contribution >= 4 is 11.6 Å². The lowest BCUT2D eigenvalue weighted by Gasteiger charge is -2.24. The van der Waals surface area contributed by atoms with E-state index in [1.54, 1.807) is 13.2 Å². The third-order valence-corrected chi connectivity index (χ3v) is 4.12. The molecule has 1 fully saturated rings. The minimum atomic E-state index is 0.193. The minimum Gasteiger partial charge on any atom is -0.504 e. The number of aromatic hydroxyl groups is 1. The van der Waals surface area contributed by atoms with E-state index < -0.39 is 0 Å². The molecule has 100 valence electrons. The number of aryl methyl sites for hydroxylation is 1. The summed E-state index contributed by atoms with van der Waals surface area (Å²) < 4.78 is 5.19. The number of phenols is 1. The second kappa shape index (κ2) is 5.81. The van der Waals surface area contributed by atoms with Crippen LogP contribution in [-0.2, 0) is 6.42 Å². The van der Waals surface area contributed by atoms with E-state index in [1.807, 2.05) is 6.92 Å². The number of nitrogens with one attached hydrogen (secondary N) is 1. The van der Waals surface area contributed by atoms with Crippen molar-refractivity contribution in [2.75, 3.05) is 20.2 Å². The van der Waals surface area contributed by atoms with Crippen molar-refractivity contribution in [2.24, 2.45) is 5.92 Å². The Morgan fingerprint density at radius 2 is 2.33 bits per heavy atom. The standard InChI is InChI=1S/C14H20ClNO2/c1-9-6-12(18-2)14(17)11(13(9)15)7-10-4-3-5-16-8-10/h6,10,16-17H,3-5,7-8H2,1-2H3. The molecule has 3 nitrogen and oxygen atoms in total. The number of halogens is 1. The smallest absolute Gasteiger partial charge is 0.162 e. The molecule has 1 unspecified atom stereocenters. The zero-order chi connectivity index (χ0) is 13.1. The fraction of sp³-hybridized carbons (Fsp3) is 0.571. The van der Waals surface area contributed by atoms with Gasteiger partial charge >= 0.3 is 0 Å². The number of piperidine rings is 1. The summed E-state index contributed by atoms with van der Waals surface area (Å²) in [5, 5.41) is 14.2. The Bertz CT molecular complexity index is 428. The van der Waals surface area contributed by atoms with Gasteiger partial charge in [-0.25, -0.2) is 0 Å². The first-order chi connectivity index (χ1) is 8.63. The number of hydrogen-bond donors (Lipinski definition) is 2. The van der Waals surface area contributed by atoms with Crippen LogP contribution in [0.3, 0.4) is 0 Å². The Morgan fingerprint density at radius 3 is 2.94 bits per heavy atom. The van der Waals surface area contributed by atoms with Crippen LogP contribution in [0.25, 0.3) is 0 Å². The monoisotopic (exact) mass is 269 g/mol. The van der Waals surface area contributed by atoms with Crippen molar-refractivity contribution in [3.8, 4) is 11.5 Å². The fourth-order valence-electron chi connectivity index (χ4n) is 2.55. The fourth-order valence-corrected chi connectivity index (χ4v) is 2.77. The summed E-state index contributed by atoms with van der Waals surface area (Å²) in [4.78, 5) is 0. The van der Waals surface area contributed by atoms with Crippen molar-refractivity contribution in [2.45, 2.75) is 26.2 Å². The van der Waals surface area contributed by atoms with E-state index in [1.165, 1.54) is 12.8 Å². The first-order valence-electron chi connectivity index (χ1n) is 6.39. The molecule has 0 amide bonds. The predicted octanol–water partition coefficient (Wildman–Crippen LogP) is 2.90. The molecule has 1 aromatic rings. The van der Waals surface area contributed by atoms with Crippen LogP contribution in [0, 0.1) is 12.8 Å². The molecule has 2 rings (SSSR count). The Labute approximate surface area is 113 Å². The summed E-state index contributed by atoms with van der Waals surface area (Å²) in [7, 11) is 1.56. The number of methoxy groups -OCH3 is 1. The molecular weight excluding hydrogens is 250 g/mol. The molecule has 0 aliphatic carbocycles. The normalized spacial score (nSPS) is 19.8. The van der Waals surface area contributed by atoms with Crippen LogP contribution in [0.1, 0.15) is 24.0 Å². The van der Waals surface area contributed by atoms with Crippen molar-refractivity contribution in [1.29, 1.82) is 0 Å². The SMILES string of the molecule is COc1cc(C)c(Cl)c(CC2CCCNC2)c1O. The van der Waals surface area contributed by atoms with Crippen LogP contribution in [0.4, 0.5) is 0 Å². The van der Waals surface area contributed by atoms with Crippen LogP contribution in [0.2, 0.25) is 5.02 Å². The van der Waals surface area contributed by atoms with Gasteiger partial charge in [-0.05, 0) is 56.8 Å². The van der Waals surface area contributed by atoms with Gasteiger partial charge < -0.3 is 15.2 Å². The van der Waals surface area contributed by atoms with Gasteiger partial charge in [0.2, 0.25) is 0 Å². The third-order valence-electron chi connectivity index (χ3n) is 3.59. The van der Waals surface area contributed by atoms with Crippen LogP contribution < -0.4 is 10.1 Å². The van der Waals surface area contributed by atoms with E-state index >= 15 is 0 Å². The maximum Gasteiger partial charge on any atom is 0.162 e. The summed E-state index contributed by atoms with van der Waals surface area (Å²) in [6, 6.07) is 1.78. The number of hydrogen-bond acceptors (Lipinski definition) is 3. The number of ether oxygens (including phenoxy) is 1. The largest absolute Gasteiger partial charge is 0.504 e. The molecule has 18 heavy (non-hydrogen) atoms. The molecule has 2 N–H and O–H groups in total. The van der Waals surface area contributed by atoms with E-state index in [9.17, 15) is 5.11 Å². The van der Waals surface area contributed by atoms with Crippen LogP contribution in [-0.4, -0.2) is 25.3 Å². The summed E-state index contributed by atoms with van der Waals surface area (Å²) >= 11 is 6.31. The number of rotatable bonds is 3. The lowest BCUT2D eigenvalue weighted by molar-refractivity contribution is 0.353. The Kier molecular flexibility index (Phi) is 4.36. The zero-order valence-corrected chi connectivity index (χ0v) is 11.7. The molecule has 1 saturated heterocycles. The van der Waals surface area contributed by atoms with Gasteiger partial charge in [-0.15, -0.1) is 0 Å². The van der Waals surface area contributed by atoms with Gasteiger partial charge in [-0.1, -0.05) is 11.6 Å². The quantitative estimate of drug-likeness (QED) is 0.887. The molecule has 1 aromatic carbocycles. The first kappa shape index (κ1) is 13.5. The molecule has 0 bridgehead atoms. The summed E-state index contributed by atoms with van der Waals surface area (Å²) in [6.45, 7) is 4.02. The van der Waals surface area contributed by atoms with E-state index in [0.29, 0.717) is 16.7 Å². The third kappa shape index (κ3) is 2.73. The van der Waals surface area contributed by atoms with Crippen molar-refractivity contribution in [3.63, 3.8) is 0 Å². The van der Waals surface area contributed by atoms with E-state index in [2.05, 4.69) is 5.32 Å². The van der Waals surface area contributed by atoms with Crippen LogP contribution in [0.15, 0.2) is 6.07 Å². The molecule has 1 heterocycles. The van der Waals surface area contributed by atoms with Gasteiger partial charge in [-0.2, -0.15) is 0 Å². The molecule has 1 aliphatic heterocycles. The maximum absolute atomic E-state index is 10.2. The van der Waals surface area contributed by atoms with Gasteiger partial charge in [-0.3, -0.25) is 0 Å². The Balaban J connectivity index is 2.27. The lowest BCUT2D eigenvalue weighted by atomic mass is 9.91. The van der Waals surface area contributed by atoms with E-state index in [4.69, 9.17) is 16.3 Å². The first-order valence-corrected chi connectivity index (χ1v) is 6.77. The van der Waals surface area contributed by atoms with Crippen LogP contribution >= 0.6 is 11.6 Å². The Morgan fingerprint density at radius 1 is 1.56 bits per heavy atom. The van der Waals surface area contributed by atoms with Crippen LogP contribution in [0.5, 0.6) is 11.5 Å². The van der Waals surface area contributed by atoms with Crippen molar-refractivity contribution in [3.05, 3.63) is 22.2 Å². The summed E-state index contributed by atoms with van der Waals surface area (Å²) in [6.07, 6.45) is 3.17. The van der Waals surface area contributed by atoms with Gasteiger partial charge in [0.25, 0.3) is 0 Å². The highest BCUT2D eigenvalue weighted by molar-refractivity contribution is 6.32. The molecule has 0 saturated carbocycles. The lowest BCUT2D eigenvalue weighted by Crippen LogP contribution is -2.30. The molecule has 1 aliphatic rings. The molecule has 0 radical (unpaired) electrons. The summed E-state index contributed by atoms with van der Waals surface area (Å²) in [5.41, 5.74) is 1.77. The number of phenolic OH excluding ortho intramolecular Hbond substituents is 1. The maximum atomic E-state index is 10.2. The second-order valence-electron chi connectivity index (χ2n) is 4.95. The van der Waals surface area contributed by atoms with Gasteiger partial charge in [0, 0.05) is 5.56 Å². The minimum absolute atomic E-state index is 0.193. The number of benzene rings is 1. The zero-order valence-electron chi connectivity index (χ0n) is 10.9. The van der Waals surface area contributed by atoms with Crippen molar-refractivity contribution < 1.29 is 9.84 Å². The molecule has 4 heteroatoms. The molecule has 0 aromatic heterocycles. The average molecular weight is 270 g/mol. The highest BCUT2D eigenvalue weighted by Crippen LogP contribution is 2.39. The van der Waals surface area contributed by atoms with Gasteiger partial charge in [0.05, 0.1) is 12.1 Å². The Hall–Kier alpha value is -0.930. The van der Waals surface area contributed by atoms with Gasteiger partial charge in [0.1, 0.15) is 0 Å². The topological polar surface area (TPSA) is 41.5 Å². The molecule has 0 spiro atoms.